The Morgan fingerprint density at radius 1 is 1.17 bits per heavy atom. The summed E-state index contributed by atoms with van der Waals surface area (Å²) in [5, 5.41) is 11.1. The minimum Gasteiger partial charge on any atom is -0.489 e. The fraction of sp³-hybridized carbons (Fsp3) is 0.158. The number of benzene rings is 2. The van der Waals surface area contributed by atoms with E-state index in [9.17, 15) is 9.59 Å². The summed E-state index contributed by atoms with van der Waals surface area (Å²) in [5.74, 6) is -0.839. The smallest absolute Gasteiger partial charge is 0.325 e. The second-order valence-corrected chi connectivity index (χ2v) is 5.25. The van der Waals surface area contributed by atoms with E-state index >= 15 is 0 Å². The zero-order valence-corrected chi connectivity index (χ0v) is 13.3. The van der Waals surface area contributed by atoms with E-state index in [0.29, 0.717) is 12.4 Å². The monoisotopic (exact) mass is 325 g/mol. The average molecular weight is 325 g/mol. The summed E-state index contributed by atoms with van der Waals surface area (Å²) < 4.78 is 5.72. The van der Waals surface area contributed by atoms with Gasteiger partial charge in [0.1, 0.15) is 18.4 Å². The maximum absolute atomic E-state index is 11.6. The summed E-state index contributed by atoms with van der Waals surface area (Å²) in [6.07, 6.45) is 2.91. The van der Waals surface area contributed by atoms with Gasteiger partial charge in [-0.15, -0.1) is 0 Å². The van der Waals surface area contributed by atoms with Gasteiger partial charge in [-0.25, -0.2) is 0 Å². The summed E-state index contributed by atoms with van der Waals surface area (Å²) in [6, 6.07) is 16.2. The van der Waals surface area contributed by atoms with Crippen molar-refractivity contribution in [1.29, 1.82) is 0 Å². The lowest BCUT2D eigenvalue weighted by Crippen LogP contribution is -2.37. The van der Waals surface area contributed by atoms with Gasteiger partial charge >= 0.3 is 5.97 Å². The van der Waals surface area contributed by atoms with E-state index in [4.69, 9.17) is 9.84 Å². The van der Waals surface area contributed by atoms with Crippen LogP contribution in [0, 0.1) is 0 Å². The topological polar surface area (TPSA) is 75.6 Å². The normalized spacial score (nSPS) is 11.9. The van der Waals surface area contributed by atoms with Crippen molar-refractivity contribution < 1.29 is 19.4 Å². The van der Waals surface area contributed by atoms with E-state index in [1.807, 2.05) is 54.6 Å². The minimum atomic E-state index is -1.08. The molecule has 2 N–H and O–H groups in total. The summed E-state index contributed by atoms with van der Waals surface area (Å²) >= 11 is 0. The molecule has 24 heavy (non-hydrogen) atoms. The van der Waals surface area contributed by atoms with Gasteiger partial charge in [-0.3, -0.25) is 9.59 Å². The lowest BCUT2D eigenvalue weighted by molar-refractivity contribution is -0.140. The molecule has 0 saturated heterocycles. The number of amides is 1. The van der Waals surface area contributed by atoms with Gasteiger partial charge < -0.3 is 15.2 Å². The highest BCUT2D eigenvalue weighted by molar-refractivity contribution is 5.94. The lowest BCUT2D eigenvalue weighted by Gasteiger charge is -2.07. The summed E-state index contributed by atoms with van der Waals surface area (Å²) in [5.41, 5.74) is 1.86. The Labute approximate surface area is 140 Å². The summed E-state index contributed by atoms with van der Waals surface area (Å²) in [6.45, 7) is 1.87. The van der Waals surface area contributed by atoms with Crippen LogP contribution in [-0.2, 0) is 16.2 Å². The van der Waals surface area contributed by atoms with Gasteiger partial charge in [-0.2, -0.15) is 0 Å². The number of ether oxygens (including phenoxy) is 1. The molecule has 0 fully saturated rings. The first kappa shape index (κ1) is 17.3. The quantitative estimate of drug-likeness (QED) is 0.768. The van der Waals surface area contributed by atoms with Crippen LogP contribution >= 0.6 is 0 Å². The first-order chi connectivity index (χ1) is 11.5. The molecule has 1 atom stereocenters. The van der Waals surface area contributed by atoms with Crippen LogP contribution in [0.3, 0.4) is 0 Å². The number of aliphatic carboxylic acids is 1. The Kier molecular flexibility index (Phi) is 6.14. The average Bonchev–Trinajstić information content (AvgIpc) is 2.59. The lowest BCUT2D eigenvalue weighted by atomic mass is 10.2. The molecule has 0 bridgehead atoms. The second kappa shape index (κ2) is 8.53. The second-order valence-electron chi connectivity index (χ2n) is 5.25. The molecule has 0 aliphatic heterocycles. The highest BCUT2D eigenvalue weighted by Crippen LogP contribution is 2.16. The van der Waals surface area contributed by atoms with Gasteiger partial charge in [-0.05, 0) is 36.3 Å². The van der Waals surface area contributed by atoms with E-state index in [0.717, 1.165) is 11.1 Å². The number of carbonyl (C=O) groups is 2. The Hall–Kier alpha value is -3.08. The van der Waals surface area contributed by atoms with Gasteiger partial charge in [0.05, 0.1) is 0 Å². The van der Waals surface area contributed by atoms with Crippen molar-refractivity contribution in [1.82, 2.24) is 5.32 Å². The van der Waals surface area contributed by atoms with Crippen LogP contribution < -0.4 is 10.1 Å². The number of nitrogens with one attached hydrogen (secondary N) is 1. The predicted octanol–water partition coefficient (Wildman–Crippen LogP) is 2.87. The molecule has 0 heterocycles. The number of hydrogen-bond donors (Lipinski definition) is 2. The van der Waals surface area contributed by atoms with Crippen LogP contribution in [0.25, 0.3) is 6.08 Å². The molecule has 0 saturated carbocycles. The molecule has 5 nitrogen and oxygen atoms in total. The van der Waals surface area contributed by atoms with Crippen molar-refractivity contribution >= 4 is 18.0 Å². The van der Waals surface area contributed by atoms with Gasteiger partial charge in [0, 0.05) is 6.08 Å². The van der Waals surface area contributed by atoms with E-state index < -0.39 is 17.9 Å². The molecule has 2 rings (SSSR count). The van der Waals surface area contributed by atoms with Crippen LogP contribution in [0.4, 0.5) is 0 Å². The fourth-order valence-corrected chi connectivity index (χ4v) is 1.94. The van der Waals surface area contributed by atoms with Gasteiger partial charge in [0.15, 0.2) is 0 Å². The predicted molar refractivity (Wildman–Crippen MR) is 91.5 cm³/mol. The molecule has 5 heteroatoms. The number of carboxylic acid groups (broad SMARTS) is 1. The number of rotatable bonds is 7. The van der Waals surface area contributed by atoms with Gasteiger partial charge in [0.2, 0.25) is 5.91 Å². The van der Waals surface area contributed by atoms with Crippen molar-refractivity contribution in [2.45, 2.75) is 19.6 Å². The van der Waals surface area contributed by atoms with Crippen LogP contribution in [0.15, 0.2) is 60.7 Å². The van der Waals surface area contributed by atoms with E-state index in [1.54, 1.807) is 6.08 Å². The van der Waals surface area contributed by atoms with Crippen molar-refractivity contribution in [2.24, 2.45) is 0 Å². The van der Waals surface area contributed by atoms with E-state index in [-0.39, 0.29) is 0 Å². The van der Waals surface area contributed by atoms with Crippen molar-refractivity contribution in [2.75, 3.05) is 0 Å². The number of hydrogen-bond acceptors (Lipinski definition) is 3. The zero-order chi connectivity index (χ0) is 17.4. The van der Waals surface area contributed by atoms with E-state index in [2.05, 4.69) is 5.32 Å². The van der Waals surface area contributed by atoms with Crippen LogP contribution in [0.2, 0.25) is 0 Å². The third-order valence-corrected chi connectivity index (χ3v) is 3.26. The number of carboxylic acids is 1. The molecule has 2 aromatic rings. The SMILES string of the molecule is C[C@@H](NC(=O)/C=C/c1cccc(OCc2ccccc2)c1)C(=O)O. The van der Waals surface area contributed by atoms with Gasteiger partial charge in [-0.1, -0.05) is 42.5 Å². The largest absolute Gasteiger partial charge is 0.489 e. The van der Waals surface area contributed by atoms with Crippen LogP contribution in [0.5, 0.6) is 5.75 Å². The summed E-state index contributed by atoms with van der Waals surface area (Å²) in [4.78, 5) is 22.3. The van der Waals surface area contributed by atoms with Crippen molar-refractivity contribution in [3.63, 3.8) is 0 Å². The third-order valence-electron chi connectivity index (χ3n) is 3.26. The molecule has 0 spiro atoms. The Morgan fingerprint density at radius 3 is 2.62 bits per heavy atom. The Balaban J connectivity index is 1.93. The molecule has 124 valence electrons. The van der Waals surface area contributed by atoms with Crippen molar-refractivity contribution in [3.05, 3.63) is 71.8 Å². The molecule has 0 aliphatic carbocycles. The highest BCUT2D eigenvalue weighted by Gasteiger charge is 2.11. The molecule has 2 aromatic carbocycles. The molecule has 0 aliphatic rings. The zero-order valence-electron chi connectivity index (χ0n) is 13.3. The molecular formula is C19H19NO4. The van der Waals surface area contributed by atoms with E-state index in [1.165, 1.54) is 13.0 Å². The summed E-state index contributed by atoms with van der Waals surface area (Å²) in [7, 11) is 0. The van der Waals surface area contributed by atoms with Crippen LogP contribution in [0.1, 0.15) is 18.1 Å². The highest BCUT2D eigenvalue weighted by atomic mass is 16.5. The first-order valence-electron chi connectivity index (χ1n) is 7.53. The first-order valence-corrected chi connectivity index (χ1v) is 7.53. The fourth-order valence-electron chi connectivity index (χ4n) is 1.94. The van der Waals surface area contributed by atoms with Crippen LogP contribution in [-0.4, -0.2) is 23.0 Å². The standard InChI is InChI=1S/C19H19NO4/c1-14(19(22)23)20-18(21)11-10-15-8-5-9-17(12-15)24-13-16-6-3-2-4-7-16/h2-12,14H,13H2,1H3,(H,20,21)(H,22,23)/b11-10+/t14-/m1/s1. The molecule has 0 aromatic heterocycles. The molecule has 1 amide bonds. The maximum atomic E-state index is 11.6. The Bertz CT molecular complexity index is 725. The minimum absolute atomic E-state index is 0.458. The Morgan fingerprint density at radius 2 is 1.92 bits per heavy atom. The van der Waals surface area contributed by atoms with Crippen molar-refractivity contribution in [3.8, 4) is 5.75 Å². The molecular weight excluding hydrogens is 306 g/mol. The maximum Gasteiger partial charge on any atom is 0.325 e. The molecule has 0 unspecified atom stereocenters. The number of carbonyl (C=O) groups excluding carboxylic acids is 1. The molecule has 0 radical (unpaired) electrons. The third kappa shape index (κ3) is 5.61. The van der Waals surface area contributed by atoms with Gasteiger partial charge in [0.25, 0.3) is 0 Å².